The second kappa shape index (κ2) is 10.6. The number of hydrogen-bond donors (Lipinski definition) is 0. The Bertz CT molecular complexity index is 1510. The highest BCUT2D eigenvalue weighted by Gasteiger charge is 2.24. The van der Waals surface area contributed by atoms with Crippen LogP contribution in [0.4, 0.5) is 0 Å². The number of carbonyl (C=O) groups excluding carboxylic acids is 2. The number of aryl methyl sites for hydroxylation is 1. The Morgan fingerprint density at radius 1 is 0.944 bits per heavy atom. The number of benzene rings is 2. The molecule has 184 valence electrons. The lowest BCUT2D eigenvalue weighted by molar-refractivity contribution is 0.0518. The Hall–Kier alpha value is -4.18. The molecule has 0 fully saturated rings. The van der Waals surface area contributed by atoms with Gasteiger partial charge in [0.2, 0.25) is 4.80 Å². The third-order valence-corrected chi connectivity index (χ3v) is 6.37. The van der Waals surface area contributed by atoms with E-state index in [1.54, 1.807) is 23.2 Å². The van der Waals surface area contributed by atoms with Crippen molar-refractivity contribution >= 4 is 28.8 Å². The van der Waals surface area contributed by atoms with E-state index in [1.165, 1.54) is 6.92 Å². The van der Waals surface area contributed by atoms with Gasteiger partial charge >= 0.3 is 5.97 Å². The van der Waals surface area contributed by atoms with E-state index in [-0.39, 0.29) is 18.1 Å². The third kappa shape index (κ3) is 5.08. The van der Waals surface area contributed by atoms with Crippen LogP contribution in [0.15, 0.2) is 64.8 Å². The van der Waals surface area contributed by atoms with Gasteiger partial charge in [0.05, 0.1) is 35.0 Å². The lowest BCUT2D eigenvalue weighted by Gasteiger charge is -2.05. The van der Waals surface area contributed by atoms with Gasteiger partial charge in [0.25, 0.3) is 0 Å². The van der Waals surface area contributed by atoms with E-state index in [9.17, 15) is 9.59 Å². The number of hydrogen-bond acceptors (Lipinski definition) is 8. The van der Waals surface area contributed by atoms with Crippen molar-refractivity contribution in [2.45, 2.75) is 34.6 Å². The van der Waals surface area contributed by atoms with Crippen molar-refractivity contribution in [2.75, 3.05) is 6.61 Å². The molecule has 0 spiro atoms. The minimum absolute atomic E-state index is 0.161. The Labute approximate surface area is 212 Å². The third-order valence-electron chi connectivity index (χ3n) is 5.37. The lowest BCUT2D eigenvalue weighted by Crippen LogP contribution is -2.14. The van der Waals surface area contributed by atoms with E-state index < -0.39 is 5.97 Å². The van der Waals surface area contributed by atoms with Gasteiger partial charge in [-0.15, -0.1) is 5.10 Å². The molecule has 0 atom stereocenters. The van der Waals surface area contributed by atoms with Crippen LogP contribution in [-0.2, 0) is 4.74 Å². The maximum atomic E-state index is 12.8. The molecule has 2 aromatic heterocycles. The molecule has 0 unspecified atom stereocenters. The average Bonchev–Trinajstić information content (AvgIpc) is 3.45. The van der Waals surface area contributed by atoms with Crippen molar-refractivity contribution in [2.24, 2.45) is 10.2 Å². The Morgan fingerprint density at radius 2 is 1.61 bits per heavy atom. The number of ketones is 1. The number of rotatable bonds is 7. The Kier molecular flexibility index (Phi) is 7.35. The number of para-hydroxylation sites is 1. The van der Waals surface area contributed by atoms with Gasteiger partial charge in [-0.3, -0.25) is 4.79 Å². The van der Waals surface area contributed by atoms with Gasteiger partial charge in [-0.25, -0.2) is 14.2 Å². The summed E-state index contributed by atoms with van der Waals surface area (Å²) in [4.78, 5) is 25.2. The molecule has 36 heavy (non-hydrogen) atoms. The zero-order valence-corrected chi connectivity index (χ0v) is 21.5. The molecule has 4 aromatic rings. The van der Waals surface area contributed by atoms with Gasteiger partial charge in [-0.1, -0.05) is 47.2 Å². The molecule has 0 aliphatic rings. The Balaban J connectivity index is 1.85. The average molecular weight is 503 g/mol. The summed E-state index contributed by atoms with van der Waals surface area (Å²) < 4.78 is 8.54. The number of ether oxygens (including phenoxy) is 1. The van der Waals surface area contributed by atoms with E-state index in [4.69, 9.17) is 4.74 Å². The minimum Gasteiger partial charge on any atom is -0.461 e. The van der Waals surface area contributed by atoms with Crippen LogP contribution in [0.1, 0.15) is 57.9 Å². The van der Waals surface area contributed by atoms with Crippen molar-refractivity contribution < 1.29 is 14.3 Å². The summed E-state index contributed by atoms with van der Waals surface area (Å²) in [5.41, 5.74) is 4.59. The molecular formula is C26H26N6O3S. The monoisotopic (exact) mass is 502 g/mol. The number of nitrogens with zero attached hydrogens (tertiary/aromatic N) is 6. The summed E-state index contributed by atoms with van der Waals surface area (Å²) in [6.07, 6.45) is 0. The van der Waals surface area contributed by atoms with E-state index in [1.807, 2.05) is 68.4 Å². The van der Waals surface area contributed by atoms with Crippen LogP contribution in [0.5, 0.6) is 0 Å². The predicted molar refractivity (Wildman–Crippen MR) is 138 cm³/mol. The molecule has 9 nitrogen and oxygen atoms in total. The Morgan fingerprint density at radius 3 is 2.25 bits per heavy atom. The standard InChI is InChI=1S/C26H26N6O3S/c1-6-35-25(34)23-22(18(4)31(29-23)21-14-12-16(2)13-15-21)17(3)27-28-26-32(20-10-8-7-9-11-20)30-24(36-26)19(5)33/h7-15H,6H2,1-5H3/b27-17+,28-26-. The second-order valence-corrected chi connectivity index (χ2v) is 9.01. The molecule has 2 heterocycles. The zero-order chi connectivity index (χ0) is 25.8. The molecule has 10 heteroatoms. The van der Waals surface area contributed by atoms with E-state index in [2.05, 4.69) is 20.4 Å². The van der Waals surface area contributed by atoms with Crippen LogP contribution in [-0.4, -0.2) is 43.6 Å². The fourth-order valence-corrected chi connectivity index (χ4v) is 4.36. The van der Waals surface area contributed by atoms with E-state index in [0.29, 0.717) is 21.1 Å². The maximum Gasteiger partial charge on any atom is 0.359 e. The molecule has 0 saturated carbocycles. The first-order chi connectivity index (χ1) is 17.3. The van der Waals surface area contributed by atoms with Crippen LogP contribution in [0, 0.1) is 13.8 Å². The van der Waals surface area contributed by atoms with Gasteiger partial charge < -0.3 is 4.74 Å². The molecule has 2 aromatic carbocycles. The summed E-state index contributed by atoms with van der Waals surface area (Å²) in [5.74, 6) is -0.696. The van der Waals surface area contributed by atoms with Gasteiger partial charge in [0, 0.05) is 6.92 Å². The summed E-state index contributed by atoms with van der Waals surface area (Å²) >= 11 is 1.14. The fraction of sp³-hybridized carbons (Fsp3) is 0.231. The number of Topliss-reactive ketones (excluding diaryl/α,β-unsaturated/α-hetero) is 1. The van der Waals surface area contributed by atoms with Gasteiger partial charge in [-0.05, 0) is 52.0 Å². The lowest BCUT2D eigenvalue weighted by atomic mass is 10.1. The summed E-state index contributed by atoms with van der Waals surface area (Å²) in [7, 11) is 0. The fourth-order valence-electron chi connectivity index (χ4n) is 3.61. The van der Waals surface area contributed by atoms with Crippen LogP contribution >= 0.6 is 11.3 Å². The van der Waals surface area contributed by atoms with Crippen molar-refractivity contribution in [1.29, 1.82) is 0 Å². The predicted octanol–water partition coefficient (Wildman–Crippen LogP) is 4.44. The van der Waals surface area contributed by atoms with Gasteiger partial charge in [0.15, 0.2) is 16.5 Å². The van der Waals surface area contributed by atoms with Crippen LogP contribution < -0.4 is 4.80 Å². The van der Waals surface area contributed by atoms with Crippen molar-refractivity contribution in [3.05, 3.63) is 86.9 Å². The van der Waals surface area contributed by atoms with Crippen LogP contribution in [0.2, 0.25) is 0 Å². The molecule has 0 aliphatic heterocycles. The molecule has 4 rings (SSSR count). The summed E-state index contributed by atoms with van der Waals surface area (Å²) in [6.45, 7) is 9.06. The second-order valence-electron chi connectivity index (χ2n) is 8.06. The van der Waals surface area contributed by atoms with Gasteiger partial charge in [0.1, 0.15) is 0 Å². The largest absolute Gasteiger partial charge is 0.461 e. The molecule has 0 aliphatic carbocycles. The number of aromatic nitrogens is 4. The summed E-state index contributed by atoms with van der Waals surface area (Å²) in [6, 6.07) is 17.2. The van der Waals surface area contributed by atoms with Crippen LogP contribution in [0.3, 0.4) is 0 Å². The molecule has 0 radical (unpaired) electrons. The highest BCUT2D eigenvalue weighted by Crippen LogP contribution is 2.21. The summed E-state index contributed by atoms with van der Waals surface area (Å²) in [5, 5.41) is 18.1. The number of esters is 1. The normalized spacial score (nSPS) is 12.1. The van der Waals surface area contributed by atoms with Crippen molar-refractivity contribution in [3.63, 3.8) is 0 Å². The van der Waals surface area contributed by atoms with Crippen molar-refractivity contribution in [1.82, 2.24) is 19.6 Å². The molecule has 0 N–H and O–H groups in total. The highest BCUT2D eigenvalue weighted by molar-refractivity contribution is 7.10. The molecular weight excluding hydrogens is 476 g/mol. The molecule has 0 saturated heterocycles. The minimum atomic E-state index is -0.535. The van der Waals surface area contributed by atoms with Gasteiger partial charge in [-0.2, -0.15) is 15.3 Å². The van der Waals surface area contributed by atoms with E-state index >= 15 is 0 Å². The van der Waals surface area contributed by atoms with Crippen molar-refractivity contribution in [3.8, 4) is 11.4 Å². The first-order valence-corrected chi connectivity index (χ1v) is 12.2. The number of carbonyl (C=O) groups is 2. The first-order valence-electron chi connectivity index (χ1n) is 11.4. The molecule has 0 bridgehead atoms. The maximum absolute atomic E-state index is 12.8. The quantitative estimate of drug-likeness (QED) is 0.161. The SMILES string of the molecule is CCOC(=O)c1nn(-c2ccc(C)cc2)c(C)c1/C(C)=N/N=c1\sc(C(C)=O)nn1-c1ccccc1. The molecule has 0 amide bonds. The highest BCUT2D eigenvalue weighted by atomic mass is 32.1. The topological polar surface area (TPSA) is 104 Å². The smallest absolute Gasteiger partial charge is 0.359 e. The first kappa shape index (κ1) is 24.9. The van der Waals surface area contributed by atoms with Crippen LogP contribution in [0.25, 0.3) is 11.4 Å². The van der Waals surface area contributed by atoms with E-state index in [0.717, 1.165) is 34.0 Å². The zero-order valence-electron chi connectivity index (χ0n) is 20.7.